The lowest BCUT2D eigenvalue weighted by molar-refractivity contribution is -0.384. The van der Waals surface area contributed by atoms with Crippen LogP contribution in [-0.2, 0) is 21.4 Å². The van der Waals surface area contributed by atoms with Crippen LogP contribution in [0.2, 0.25) is 0 Å². The van der Waals surface area contributed by atoms with E-state index in [2.05, 4.69) is 5.32 Å². The summed E-state index contributed by atoms with van der Waals surface area (Å²) in [4.78, 5) is 23.5. The maximum atomic E-state index is 13.0. The first-order valence-electron chi connectivity index (χ1n) is 9.52. The lowest BCUT2D eigenvalue weighted by Crippen LogP contribution is -2.49. The summed E-state index contributed by atoms with van der Waals surface area (Å²) in [5.74, 6) is 0.672. The third kappa shape index (κ3) is 4.88. The van der Waals surface area contributed by atoms with Crippen molar-refractivity contribution in [3.63, 3.8) is 0 Å². The second-order valence-electron chi connectivity index (χ2n) is 7.12. The largest absolute Gasteiger partial charge is 0.454 e. The van der Waals surface area contributed by atoms with Gasteiger partial charge < -0.3 is 14.8 Å². The second kappa shape index (κ2) is 8.80. The highest BCUT2D eigenvalue weighted by Gasteiger charge is 2.33. The summed E-state index contributed by atoms with van der Waals surface area (Å²) >= 11 is 0. The van der Waals surface area contributed by atoms with Crippen LogP contribution in [0.3, 0.4) is 0 Å². The molecule has 3 rings (SSSR count). The Balaban J connectivity index is 1.87. The number of nitro groups is 1. The van der Waals surface area contributed by atoms with Gasteiger partial charge >= 0.3 is 0 Å². The molecule has 0 spiro atoms. The Morgan fingerprint density at radius 3 is 2.58 bits per heavy atom. The highest BCUT2D eigenvalue weighted by Crippen LogP contribution is 2.33. The van der Waals surface area contributed by atoms with Gasteiger partial charge in [0, 0.05) is 18.7 Å². The SMILES string of the molecule is CCC(C(=O)NCc1ccc2c(c1)OCO2)N(c1cc([N+](=O)[O-])ccc1C)S(C)(=O)=O. The number of hydrogen-bond acceptors (Lipinski definition) is 7. The summed E-state index contributed by atoms with van der Waals surface area (Å²) in [7, 11) is -3.92. The van der Waals surface area contributed by atoms with E-state index in [0.29, 0.717) is 17.1 Å². The van der Waals surface area contributed by atoms with Gasteiger partial charge in [-0.3, -0.25) is 19.2 Å². The van der Waals surface area contributed by atoms with Gasteiger partial charge in [0.1, 0.15) is 6.04 Å². The van der Waals surface area contributed by atoms with E-state index in [4.69, 9.17) is 9.47 Å². The van der Waals surface area contributed by atoms with Crippen LogP contribution < -0.4 is 19.1 Å². The van der Waals surface area contributed by atoms with Gasteiger partial charge in [-0.15, -0.1) is 0 Å². The van der Waals surface area contributed by atoms with Crippen LogP contribution in [0.25, 0.3) is 0 Å². The molecule has 1 unspecified atom stereocenters. The van der Waals surface area contributed by atoms with Crippen LogP contribution in [0.5, 0.6) is 11.5 Å². The predicted octanol–water partition coefficient (Wildman–Crippen LogP) is 2.49. The molecule has 1 aliphatic rings. The number of nitrogens with zero attached hydrogens (tertiary/aromatic N) is 2. The normalized spacial score (nSPS) is 13.5. The Labute approximate surface area is 180 Å². The zero-order valence-corrected chi connectivity index (χ0v) is 18.1. The first-order valence-corrected chi connectivity index (χ1v) is 11.4. The number of nitrogens with one attached hydrogen (secondary N) is 1. The Bertz CT molecular complexity index is 1120. The fourth-order valence-corrected chi connectivity index (χ4v) is 4.60. The van der Waals surface area contributed by atoms with Crippen molar-refractivity contribution in [3.05, 3.63) is 57.6 Å². The lowest BCUT2D eigenvalue weighted by Gasteiger charge is -2.31. The van der Waals surface area contributed by atoms with Crippen molar-refractivity contribution in [1.29, 1.82) is 0 Å². The second-order valence-corrected chi connectivity index (χ2v) is 8.98. The molecule has 10 nitrogen and oxygen atoms in total. The first kappa shape index (κ1) is 22.3. The fourth-order valence-electron chi connectivity index (χ4n) is 3.34. The summed E-state index contributed by atoms with van der Waals surface area (Å²) in [6, 6.07) is 8.09. The van der Waals surface area contributed by atoms with E-state index < -0.39 is 26.9 Å². The van der Waals surface area contributed by atoms with E-state index in [9.17, 15) is 23.3 Å². The van der Waals surface area contributed by atoms with Gasteiger partial charge in [0.2, 0.25) is 22.7 Å². The van der Waals surface area contributed by atoms with Crippen LogP contribution in [-0.4, -0.2) is 38.3 Å². The third-order valence-corrected chi connectivity index (χ3v) is 6.04. The number of aryl methyl sites for hydroxylation is 1. The van der Waals surface area contributed by atoms with E-state index in [1.165, 1.54) is 18.2 Å². The molecule has 1 atom stereocenters. The molecule has 11 heteroatoms. The number of ether oxygens (including phenoxy) is 2. The molecule has 0 saturated heterocycles. The molecule has 0 aliphatic carbocycles. The molecule has 31 heavy (non-hydrogen) atoms. The van der Waals surface area contributed by atoms with Crippen molar-refractivity contribution in [3.8, 4) is 11.5 Å². The quantitative estimate of drug-likeness (QED) is 0.484. The molecule has 2 aromatic carbocycles. The maximum Gasteiger partial charge on any atom is 0.271 e. The van der Waals surface area contributed by atoms with Crippen molar-refractivity contribution in [1.82, 2.24) is 5.32 Å². The molecular weight excluding hydrogens is 426 g/mol. The van der Waals surface area contributed by atoms with Gasteiger partial charge in [-0.2, -0.15) is 0 Å². The molecule has 1 N–H and O–H groups in total. The molecule has 0 fully saturated rings. The standard InChI is InChI=1S/C20H23N3O7S/c1-4-16(20(24)21-11-14-6-8-18-19(9-14)30-12-29-18)22(31(3,27)28)17-10-15(23(25)26)7-5-13(17)2/h5-10,16H,4,11-12H2,1-3H3,(H,21,24). The average molecular weight is 449 g/mol. The highest BCUT2D eigenvalue weighted by atomic mass is 32.2. The van der Waals surface area contributed by atoms with E-state index in [1.807, 2.05) is 0 Å². The van der Waals surface area contributed by atoms with Crippen molar-refractivity contribution in [2.75, 3.05) is 17.4 Å². The van der Waals surface area contributed by atoms with Crippen molar-refractivity contribution >= 4 is 27.3 Å². The summed E-state index contributed by atoms with van der Waals surface area (Å²) in [5, 5.41) is 13.9. The molecule has 0 bridgehead atoms. The Morgan fingerprint density at radius 2 is 1.94 bits per heavy atom. The molecule has 2 aromatic rings. The summed E-state index contributed by atoms with van der Waals surface area (Å²) in [5.41, 5.74) is 1.09. The Morgan fingerprint density at radius 1 is 1.23 bits per heavy atom. The van der Waals surface area contributed by atoms with Crippen LogP contribution in [0, 0.1) is 17.0 Å². The Kier molecular flexibility index (Phi) is 6.34. The van der Waals surface area contributed by atoms with Crippen molar-refractivity contribution in [2.45, 2.75) is 32.9 Å². The van der Waals surface area contributed by atoms with Crippen molar-refractivity contribution in [2.24, 2.45) is 0 Å². The molecule has 0 radical (unpaired) electrons. The number of hydrogen-bond donors (Lipinski definition) is 1. The van der Waals surface area contributed by atoms with Crippen LogP contribution >= 0.6 is 0 Å². The minimum absolute atomic E-state index is 0.0989. The van der Waals surface area contributed by atoms with E-state index in [0.717, 1.165) is 16.1 Å². The number of carbonyl (C=O) groups is 1. The molecule has 0 aromatic heterocycles. The number of amides is 1. The summed E-state index contributed by atoms with van der Waals surface area (Å²) in [6.07, 6.45) is 1.14. The third-order valence-electron chi connectivity index (χ3n) is 4.87. The zero-order valence-electron chi connectivity index (χ0n) is 17.3. The van der Waals surface area contributed by atoms with Gasteiger partial charge in [0.05, 0.1) is 16.9 Å². The maximum absolute atomic E-state index is 13.0. The van der Waals surface area contributed by atoms with Crippen LogP contribution in [0.15, 0.2) is 36.4 Å². The number of carbonyl (C=O) groups excluding carboxylic acids is 1. The number of anilines is 1. The number of sulfonamides is 1. The van der Waals surface area contributed by atoms with Gasteiger partial charge in [0.15, 0.2) is 11.5 Å². The lowest BCUT2D eigenvalue weighted by atomic mass is 10.1. The fraction of sp³-hybridized carbons (Fsp3) is 0.350. The minimum atomic E-state index is -3.92. The molecule has 1 heterocycles. The van der Waals surface area contributed by atoms with Gasteiger partial charge in [-0.25, -0.2) is 8.42 Å². The van der Waals surface area contributed by atoms with Gasteiger partial charge in [0.25, 0.3) is 5.69 Å². The zero-order chi connectivity index (χ0) is 22.8. The van der Waals surface area contributed by atoms with Crippen LogP contribution in [0.4, 0.5) is 11.4 Å². The Hall–Kier alpha value is -3.34. The molecular formula is C20H23N3O7S. The van der Waals surface area contributed by atoms with Gasteiger partial charge in [-0.1, -0.05) is 19.1 Å². The van der Waals surface area contributed by atoms with Gasteiger partial charge in [-0.05, 0) is 36.6 Å². The molecule has 1 aliphatic heterocycles. The highest BCUT2D eigenvalue weighted by molar-refractivity contribution is 7.92. The number of rotatable bonds is 8. The monoisotopic (exact) mass is 449 g/mol. The summed E-state index contributed by atoms with van der Waals surface area (Å²) in [6.45, 7) is 3.59. The number of benzene rings is 2. The number of nitro benzene ring substituents is 1. The van der Waals surface area contributed by atoms with E-state index >= 15 is 0 Å². The van der Waals surface area contributed by atoms with Crippen molar-refractivity contribution < 1.29 is 27.6 Å². The minimum Gasteiger partial charge on any atom is -0.454 e. The predicted molar refractivity (Wildman–Crippen MR) is 114 cm³/mol. The number of fused-ring (bicyclic) bond motifs is 1. The number of non-ortho nitro benzene ring substituents is 1. The topological polar surface area (TPSA) is 128 Å². The molecule has 1 amide bonds. The average Bonchev–Trinajstić information content (AvgIpc) is 3.17. The first-order chi connectivity index (χ1) is 14.6. The van der Waals surface area contributed by atoms with E-state index in [-0.39, 0.29) is 31.1 Å². The molecule has 0 saturated carbocycles. The van der Waals surface area contributed by atoms with E-state index in [1.54, 1.807) is 32.0 Å². The van der Waals surface area contributed by atoms with Crippen LogP contribution in [0.1, 0.15) is 24.5 Å². The molecule has 166 valence electrons. The summed E-state index contributed by atoms with van der Waals surface area (Å²) < 4.78 is 36.8. The smallest absolute Gasteiger partial charge is 0.271 e.